The van der Waals surface area contributed by atoms with Gasteiger partial charge in [-0.1, -0.05) is 32.8 Å². The third-order valence-electron chi connectivity index (χ3n) is 4.57. The molecule has 0 bridgehead atoms. The van der Waals surface area contributed by atoms with Crippen LogP contribution in [0.1, 0.15) is 65.7 Å². The molecule has 0 saturated carbocycles. The molecule has 2 heteroatoms. The number of hydrogen-bond donors (Lipinski definition) is 0. The highest BCUT2D eigenvalue weighted by Gasteiger charge is 2.35. The van der Waals surface area contributed by atoms with Gasteiger partial charge in [0.15, 0.2) is 0 Å². The fourth-order valence-electron chi connectivity index (χ4n) is 3.61. The minimum Gasteiger partial charge on any atom is -0.547 e. The molecule has 19 heavy (non-hydrogen) atoms. The molecule has 2 rings (SSSR count). The smallest absolute Gasteiger partial charge is 0.229 e. The first-order valence-corrected chi connectivity index (χ1v) is 10.9. The van der Waals surface area contributed by atoms with Crippen molar-refractivity contribution in [3.05, 3.63) is 22.5 Å². The molecule has 0 unspecified atom stereocenters. The van der Waals surface area contributed by atoms with Gasteiger partial charge in [0.1, 0.15) is 5.76 Å². The van der Waals surface area contributed by atoms with Crippen LogP contribution in [0, 0.1) is 5.41 Å². The quantitative estimate of drug-likeness (QED) is 0.617. The summed E-state index contributed by atoms with van der Waals surface area (Å²) >= 11 is 0. The number of rotatable bonds is 5. The van der Waals surface area contributed by atoms with Crippen molar-refractivity contribution in [3.63, 3.8) is 0 Å². The third kappa shape index (κ3) is 3.15. The van der Waals surface area contributed by atoms with Crippen LogP contribution in [0.3, 0.4) is 0 Å². The van der Waals surface area contributed by atoms with Crippen LogP contribution in [0.4, 0.5) is 0 Å². The van der Waals surface area contributed by atoms with Crippen molar-refractivity contribution in [1.82, 2.24) is 0 Å². The van der Waals surface area contributed by atoms with Gasteiger partial charge in [0.25, 0.3) is 0 Å². The van der Waals surface area contributed by atoms with Gasteiger partial charge in [-0.25, -0.2) is 0 Å². The van der Waals surface area contributed by atoms with Crippen molar-refractivity contribution in [2.75, 3.05) is 0 Å². The minimum absolute atomic E-state index is 0.310. The maximum Gasteiger partial charge on any atom is 0.229 e. The summed E-state index contributed by atoms with van der Waals surface area (Å²) in [6.07, 6.45) is 9.05. The van der Waals surface area contributed by atoms with Gasteiger partial charge >= 0.3 is 0 Å². The largest absolute Gasteiger partial charge is 0.547 e. The predicted molar refractivity (Wildman–Crippen MR) is 85.8 cm³/mol. The van der Waals surface area contributed by atoms with Crippen LogP contribution in [0.5, 0.6) is 0 Å². The molecule has 0 aromatic carbocycles. The second-order valence-electron chi connectivity index (χ2n) is 7.07. The third-order valence-corrected chi connectivity index (χ3v) is 5.27. The second-order valence-corrected chi connectivity index (χ2v) is 9.41. The van der Waals surface area contributed by atoms with Crippen LogP contribution in [0.25, 0.3) is 0 Å². The Balaban J connectivity index is 2.33. The van der Waals surface area contributed by atoms with Gasteiger partial charge in [0, 0.05) is 0 Å². The van der Waals surface area contributed by atoms with Gasteiger partial charge < -0.3 is 4.43 Å². The molecule has 0 atom stereocenters. The van der Waals surface area contributed by atoms with E-state index in [9.17, 15) is 0 Å². The van der Waals surface area contributed by atoms with Gasteiger partial charge in [0.2, 0.25) is 9.04 Å². The van der Waals surface area contributed by atoms with E-state index in [0.29, 0.717) is 5.41 Å². The van der Waals surface area contributed by atoms with E-state index in [1.165, 1.54) is 50.7 Å². The Bertz CT molecular complexity index is 401. The summed E-state index contributed by atoms with van der Waals surface area (Å²) < 4.78 is 6.39. The highest BCUT2D eigenvalue weighted by molar-refractivity contribution is 6.48. The van der Waals surface area contributed by atoms with Crippen LogP contribution in [0.2, 0.25) is 13.1 Å². The first-order chi connectivity index (χ1) is 8.95. The summed E-state index contributed by atoms with van der Waals surface area (Å²) in [7, 11) is -1.01. The Morgan fingerprint density at radius 3 is 2.47 bits per heavy atom. The molecule has 0 heterocycles. The maximum absolute atomic E-state index is 6.39. The van der Waals surface area contributed by atoms with E-state index in [2.05, 4.69) is 33.9 Å². The summed E-state index contributed by atoms with van der Waals surface area (Å²) in [5.41, 5.74) is 5.23. The van der Waals surface area contributed by atoms with Crippen LogP contribution < -0.4 is 0 Å². The molecule has 2 aliphatic carbocycles. The van der Waals surface area contributed by atoms with Crippen LogP contribution in [0.15, 0.2) is 22.5 Å². The van der Waals surface area contributed by atoms with Crippen molar-refractivity contribution in [2.24, 2.45) is 5.41 Å². The summed E-state index contributed by atoms with van der Waals surface area (Å²) in [5, 5.41) is 0. The highest BCUT2D eigenvalue weighted by atomic mass is 28.3. The molecule has 0 aromatic heterocycles. The lowest BCUT2D eigenvalue weighted by molar-refractivity contribution is 0.361. The number of hydrogen-bond acceptors (Lipinski definition) is 1. The lowest BCUT2D eigenvalue weighted by Gasteiger charge is -2.29. The average Bonchev–Trinajstić information content (AvgIpc) is 2.68. The number of allylic oxidation sites excluding steroid dienone is 3. The van der Waals surface area contributed by atoms with Crippen LogP contribution in [-0.4, -0.2) is 9.04 Å². The molecule has 0 radical (unpaired) electrons. The zero-order valence-corrected chi connectivity index (χ0v) is 14.6. The SMILES string of the molecule is CCCC(C)(C)C1=C(O[SiH](C)C)C2=C(CCCC2)C1. The van der Waals surface area contributed by atoms with E-state index < -0.39 is 9.04 Å². The first-order valence-electron chi connectivity index (χ1n) is 8.07. The summed E-state index contributed by atoms with van der Waals surface area (Å²) in [6, 6.07) is 0. The van der Waals surface area contributed by atoms with Crippen molar-refractivity contribution < 1.29 is 4.43 Å². The van der Waals surface area contributed by atoms with Crippen molar-refractivity contribution in [2.45, 2.75) is 78.8 Å². The standard InChI is InChI=1S/C17H30OSi/c1-6-11-17(2,3)15-12-13-9-7-8-10-14(13)16(15)18-19(4)5/h19H,6-12H2,1-5H3. The molecule has 0 spiro atoms. The Morgan fingerprint density at radius 2 is 1.84 bits per heavy atom. The molecule has 0 amide bonds. The lowest BCUT2D eigenvalue weighted by Crippen LogP contribution is -2.18. The van der Waals surface area contributed by atoms with Gasteiger partial charge in [-0.3, -0.25) is 0 Å². The summed E-state index contributed by atoms with van der Waals surface area (Å²) in [5.74, 6) is 1.34. The Kier molecular flexibility index (Phi) is 4.60. The van der Waals surface area contributed by atoms with E-state index in [-0.39, 0.29) is 0 Å². The average molecular weight is 279 g/mol. The first kappa shape index (κ1) is 14.9. The minimum atomic E-state index is -1.01. The molecule has 0 N–H and O–H groups in total. The second kappa shape index (κ2) is 5.86. The molecule has 0 fully saturated rings. The molecule has 0 saturated heterocycles. The Morgan fingerprint density at radius 1 is 1.16 bits per heavy atom. The Hall–Kier alpha value is -0.503. The summed E-state index contributed by atoms with van der Waals surface area (Å²) in [4.78, 5) is 0. The monoisotopic (exact) mass is 278 g/mol. The maximum atomic E-state index is 6.39. The van der Waals surface area contributed by atoms with Gasteiger partial charge in [-0.15, -0.1) is 0 Å². The van der Waals surface area contributed by atoms with Gasteiger partial charge in [0.05, 0.1) is 0 Å². The van der Waals surface area contributed by atoms with Crippen LogP contribution >= 0.6 is 0 Å². The fraction of sp³-hybridized carbons (Fsp3) is 0.765. The molecular formula is C17H30OSi. The molecule has 0 aromatic rings. The molecule has 1 nitrogen and oxygen atoms in total. The zero-order valence-electron chi connectivity index (χ0n) is 13.4. The molecule has 2 aliphatic rings. The van der Waals surface area contributed by atoms with E-state index in [1.54, 1.807) is 16.7 Å². The van der Waals surface area contributed by atoms with Gasteiger partial charge in [-0.05, 0) is 68.2 Å². The van der Waals surface area contributed by atoms with Crippen molar-refractivity contribution >= 4 is 9.04 Å². The molecular weight excluding hydrogens is 248 g/mol. The summed E-state index contributed by atoms with van der Waals surface area (Å²) in [6.45, 7) is 11.7. The van der Waals surface area contributed by atoms with Crippen molar-refractivity contribution in [3.8, 4) is 0 Å². The van der Waals surface area contributed by atoms with Gasteiger partial charge in [-0.2, -0.15) is 0 Å². The lowest BCUT2D eigenvalue weighted by atomic mass is 9.78. The normalized spacial score (nSPS) is 20.3. The Labute approximate surface area is 120 Å². The zero-order chi connectivity index (χ0) is 14.0. The van der Waals surface area contributed by atoms with E-state index in [1.807, 2.05) is 0 Å². The van der Waals surface area contributed by atoms with E-state index in [0.717, 1.165) is 0 Å². The fourth-order valence-corrected chi connectivity index (χ4v) is 4.37. The highest BCUT2D eigenvalue weighted by Crippen LogP contribution is 2.49. The topological polar surface area (TPSA) is 9.23 Å². The predicted octanol–water partition coefficient (Wildman–Crippen LogP) is 5.34. The van der Waals surface area contributed by atoms with Crippen molar-refractivity contribution in [1.29, 1.82) is 0 Å². The van der Waals surface area contributed by atoms with Crippen LogP contribution in [-0.2, 0) is 4.43 Å². The molecule has 0 aliphatic heterocycles. The molecule has 108 valence electrons. The van der Waals surface area contributed by atoms with E-state index in [4.69, 9.17) is 4.43 Å². The van der Waals surface area contributed by atoms with E-state index >= 15 is 0 Å².